The van der Waals surface area contributed by atoms with Crippen molar-refractivity contribution in [1.29, 1.82) is 0 Å². The van der Waals surface area contributed by atoms with Crippen molar-refractivity contribution in [3.63, 3.8) is 0 Å². The summed E-state index contributed by atoms with van der Waals surface area (Å²) >= 11 is 0. The zero-order valence-electron chi connectivity index (χ0n) is 19.4. The van der Waals surface area contributed by atoms with Gasteiger partial charge in [-0.25, -0.2) is 0 Å². The van der Waals surface area contributed by atoms with Crippen LogP contribution in [0.15, 0.2) is 48.5 Å². The van der Waals surface area contributed by atoms with Crippen molar-refractivity contribution in [2.75, 3.05) is 32.1 Å². The summed E-state index contributed by atoms with van der Waals surface area (Å²) in [6, 6.07) is 16.4. The van der Waals surface area contributed by atoms with Gasteiger partial charge in [0.25, 0.3) is 0 Å². The van der Waals surface area contributed by atoms with E-state index in [0.29, 0.717) is 12.6 Å². The fourth-order valence-corrected chi connectivity index (χ4v) is 5.19. The van der Waals surface area contributed by atoms with E-state index < -0.39 is 5.41 Å². The van der Waals surface area contributed by atoms with Gasteiger partial charge in [-0.15, -0.1) is 0 Å². The molecule has 1 heterocycles. The van der Waals surface area contributed by atoms with Crippen molar-refractivity contribution in [1.82, 2.24) is 4.90 Å². The highest BCUT2D eigenvalue weighted by Gasteiger charge is 2.42. The minimum absolute atomic E-state index is 0.0768. The maximum atomic E-state index is 13.4. The summed E-state index contributed by atoms with van der Waals surface area (Å²) in [7, 11) is 1.66. The second-order valence-corrected chi connectivity index (χ2v) is 9.23. The number of piperidine rings is 1. The van der Waals surface area contributed by atoms with Crippen LogP contribution in [-0.4, -0.2) is 43.7 Å². The van der Waals surface area contributed by atoms with Crippen molar-refractivity contribution in [2.24, 2.45) is 0 Å². The SMILES string of the molecule is COc1ccc(C2(C(=O)Nc3ccc(OCCN4CCCC[C@@H]4C)cc3)CCCC2)cc1. The van der Waals surface area contributed by atoms with Gasteiger partial charge < -0.3 is 14.8 Å². The highest BCUT2D eigenvalue weighted by atomic mass is 16.5. The molecular formula is C27H36N2O3. The molecule has 5 nitrogen and oxygen atoms in total. The number of carbonyl (C=O) groups excluding carboxylic acids is 1. The molecule has 0 radical (unpaired) electrons. The Labute approximate surface area is 192 Å². The lowest BCUT2D eigenvalue weighted by Crippen LogP contribution is -2.39. The highest BCUT2D eigenvalue weighted by Crippen LogP contribution is 2.42. The molecule has 1 aliphatic carbocycles. The quantitative estimate of drug-likeness (QED) is 0.602. The predicted molar refractivity (Wildman–Crippen MR) is 129 cm³/mol. The molecule has 2 fully saturated rings. The van der Waals surface area contributed by atoms with Crippen molar-refractivity contribution in [2.45, 2.75) is 63.3 Å². The fraction of sp³-hybridized carbons (Fsp3) is 0.519. The third kappa shape index (κ3) is 5.09. The molecule has 0 aromatic heterocycles. The van der Waals surface area contributed by atoms with E-state index in [2.05, 4.69) is 17.1 Å². The molecule has 172 valence electrons. The van der Waals surface area contributed by atoms with Crippen LogP contribution in [0.2, 0.25) is 0 Å². The van der Waals surface area contributed by atoms with Gasteiger partial charge in [0.05, 0.1) is 12.5 Å². The minimum atomic E-state index is -0.466. The van der Waals surface area contributed by atoms with Crippen molar-refractivity contribution in [3.8, 4) is 11.5 Å². The summed E-state index contributed by atoms with van der Waals surface area (Å²) in [4.78, 5) is 15.9. The van der Waals surface area contributed by atoms with Crippen LogP contribution in [0.1, 0.15) is 57.4 Å². The Kier molecular flexibility index (Phi) is 7.36. The maximum Gasteiger partial charge on any atom is 0.235 e. The summed E-state index contributed by atoms with van der Waals surface area (Å²) in [5.74, 6) is 1.74. The minimum Gasteiger partial charge on any atom is -0.497 e. The van der Waals surface area contributed by atoms with E-state index in [1.165, 1.54) is 25.8 Å². The normalized spacial score (nSPS) is 20.6. The summed E-state index contributed by atoms with van der Waals surface area (Å²) in [6.45, 7) is 5.13. The predicted octanol–water partition coefficient (Wildman–Crippen LogP) is 5.40. The molecule has 1 saturated carbocycles. The van der Waals surface area contributed by atoms with E-state index >= 15 is 0 Å². The van der Waals surface area contributed by atoms with Crippen LogP contribution in [0, 0.1) is 0 Å². The zero-order chi connectivity index (χ0) is 22.4. The average molecular weight is 437 g/mol. The number of amides is 1. The summed E-state index contributed by atoms with van der Waals surface area (Å²) < 4.78 is 11.2. The lowest BCUT2D eigenvalue weighted by Gasteiger charge is -2.33. The van der Waals surface area contributed by atoms with Crippen LogP contribution < -0.4 is 14.8 Å². The standard InChI is InChI=1S/C27H36N2O3/c1-21-7-3-6-18-29(21)19-20-32-25-14-10-23(11-15-25)28-26(30)27(16-4-5-17-27)22-8-12-24(31-2)13-9-22/h8-15,21H,3-7,16-20H2,1-2H3,(H,28,30)/t21-/m0/s1. The van der Waals surface area contributed by atoms with Crippen molar-refractivity contribution < 1.29 is 14.3 Å². The number of anilines is 1. The smallest absolute Gasteiger partial charge is 0.235 e. The van der Waals surface area contributed by atoms with Gasteiger partial charge in [0.2, 0.25) is 5.91 Å². The number of hydrogen-bond donors (Lipinski definition) is 1. The first-order valence-electron chi connectivity index (χ1n) is 12.0. The molecule has 2 aromatic carbocycles. The van der Waals surface area contributed by atoms with Crippen LogP contribution in [0.25, 0.3) is 0 Å². The number of benzene rings is 2. The van der Waals surface area contributed by atoms with Gasteiger partial charge in [-0.05, 0) is 81.1 Å². The van der Waals surface area contributed by atoms with Gasteiger partial charge in [0, 0.05) is 18.3 Å². The number of likely N-dealkylation sites (tertiary alicyclic amines) is 1. The molecule has 1 N–H and O–H groups in total. The number of ether oxygens (including phenoxy) is 2. The van der Waals surface area contributed by atoms with Crippen molar-refractivity contribution >= 4 is 11.6 Å². The van der Waals surface area contributed by atoms with Crippen LogP contribution in [-0.2, 0) is 10.2 Å². The zero-order valence-corrected chi connectivity index (χ0v) is 19.4. The maximum absolute atomic E-state index is 13.4. The number of nitrogens with one attached hydrogen (secondary N) is 1. The fourth-order valence-electron chi connectivity index (χ4n) is 5.19. The molecule has 1 atom stereocenters. The third-order valence-electron chi connectivity index (χ3n) is 7.23. The Balaban J connectivity index is 1.35. The van der Waals surface area contributed by atoms with E-state index in [9.17, 15) is 4.79 Å². The van der Waals surface area contributed by atoms with E-state index in [4.69, 9.17) is 9.47 Å². The topological polar surface area (TPSA) is 50.8 Å². The molecule has 0 spiro atoms. The first-order chi connectivity index (χ1) is 15.6. The number of carbonyl (C=O) groups is 1. The Morgan fingerprint density at radius 3 is 2.34 bits per heavy atom. The highest BCUT2D eigenvalue weighted by molar-refractivity contribution is 5.99. The first-order valence-corrected chi connectivity index (χ1v) is 12.0. The molecule has 1 saturated heterocycles. The first kappa shape index (κ1) is 22.7. The molecule has 32 heavy (non-hydrogen) atoms. The second-order valence-electron chi connectivity index (χ2n) is 9.23. The molecule has 2 aliphatic rings. The molecule has 0 bridgehead atoms. The number of hydrogen-bond acceptors (Lipinski definition) is 4. The van der Waals surface area contributed by atoms with Gasteiger partial charge >= 0.3 is 0 Å². The lowest BCUT2D eigenvalue weighted by molar-refractivity contribution is -0.121. The molecular weight excluding hydrogens is 400 g/mol. The molecule has 5 heteroatoms. The Bertz CT molecular complexity index is 873. The number of methoxy groups -OCH3 is 1. The monoisotopic (exact) mass is 436 g/mol. The van der Waals surface area contributed by atoms with E-state index in [-0.39, 0.29) is 5.91 Å². The average Bonchev–Trinajstić information content (AvgIpc) is 3.33. The van der Waals surface area contributed by atoms with Gasteiger partial charge in [0.1, 0.15) is 18.1 Å². The van der Waals surface area contributed by atoms with E-state index in [1.54, 1.807) is 7.11 Å². The van der Waals surface area contributed by atoms with Gasteiger partial charge in [-0.2, -0.15) is 0 Å². The Morgan fingerprint density at radius 1 is 1.00 bits per heavy atom. The summed E-state index contributed by atoms with van der Waals surface area (Å²) in [6.07, 6.45) is 7.81. The molecule has 1 amide bonds. The molecule has 4 rings (SSSR count). The van der Waals surface area contributed by atoms with E-state index in [1.807, 2.05) is 48.5 Å². The Hall–Kier alpha value is -2.53. The van der Waals surface area contributed by atoms with Crippen LogP contribution >= 0.6 is 0 Å². The van der Waals surface area contributed by atoms with E-state index in [0.717, 1.165) is 55.0 Å². The lowest BCUT2D eigenvalue weighted by atomic mass is 9.78. The number of rotatable bonds is 8. The number of nitrogens with zero attached hydrogens (tertiary/aromatic N) is 1. The summed E-state index contributed by atoms with van der Waals surface area (Å²) in [5.41, 5.74) is 1.42. The molecule has 1 aliphatic heterocycles. The largest absolute Gasteiger partial charge is 0.497 e. The van der Waals surface area contributed by atoms with Crippen molar-refractivity contribution in [3.05, 3.63) is 54.1 Å². The second kappa shape index (κ2) is 10.4. The van der Waals surface area contributed by atoms with Crippen LogP contribution in [0.5, 0.6) is 11.5 Å². The molecule has 0 unspecified atom stereocenters. The van der Waals surface area contributed by atoms with Gasteiger partial charge in [-0.3, -0.25) is 9.69 Å². The Morgan fingerprint density at radius 2 is 1.69 bits per heavy atom. The molecule has 2 aromatic rings. The van der Waals surface area contributed by atoms with Gasteiger partial charge in [-0.1, -0.05) is 31.4 Å². The third-order valence-corrected chi connectivity index (χ3v) is 7.23. The van der Waals surface area contributed by atoms with Gasteiger partial charge in [0.15, 0.2) is 0 Å². The van der Waals surface area contributed by atoms with Crippen LogP contribution in [0.3, 0.4) is 0 Å². The summed E-state index contributed by atoms with van der Waals surface area (Å²) in [5, 5.41) is 3.16. The van der Waals surface area contributed by atoms with Crippen LogP contribution in [0.4, 0.5) is 5.69 Å².